The minimum atomic E-state index is -1.42. The van der Waals surface area contributed by atoms with Gasteiger partial charge in [0.25, 0.3) is 11.3 Å². The number of aromatic nitrogens is 4. The summed E-state index contributed by atoms with van der Waals surface area (Å²) in [6.07, 6.45) is 0. The van der Waals surface area contributed by atoms with Crippen LogP contribution in [0.15, 0.2) is 16.9 Å². The molecule has 9 nitrogen and oxygen atoms in total. The maximum absolute atomic E-state index is 11.7. The van der Waals surface area contributed by atoms with E-state index >= 15 is 0 Å². The van der Waals surface area contributed by atoms with Crippen molar-refractivity contribution in [3.05, 3.63) is 28.2 Å². The van der Waals surface area contributed by atoms with Gasteiger partial charge in [0.2, 0.25) is 5.69 Å². The first-order valence-corrected chi connectivity index (χ1v) is 5.83. The van der Waals surface area contributed by atoms with E-state index in [9.17, 15) is 9.59 Å². The minimum absolute atomic E-state index is 0.0670. The molecular formula is C12H10N4O5. The molecule has 3 aromatic rings. The predicted octanol–water partition coefficient (Wildman–Crippen LogP) is 0.286. The summed E-state index contributed by atoms with van der Waals surface area (Å²) < 4.78 is 11.6. The van der Waals surface area contributed by atoms with Crippen LogP contribution in [0.1, 0.15) is 10.5 Å². The lowest BCUT2D eigenvalue weighted by Crippen LogP contribution is -2.22. The molecule has 21 heavy (non-hydrogen) atoms. The monoisotopic (exact) mass is 290 g/mol. The molecule has 0 spiro atoms. The number of H-pyrrole nitrogens is 1. The molecule has 0 bridgehead atoms. The van der Waals surface area contributed by atoms with Crippen LogP contribution in [-0.4, -0.2) is 44.9 Å². The highest BCUT2D eigenvalue weighted by Gasteiger charge is 2.17. The number of aromatic amines is 1. The molecule has 9 heteroatoms. The quantitative estimate of drug-likeness (QED) is 0.711. The largest absolute Gasteiger partial charge is 0.493 e. The molecule has 2 aromatic heterocycles. The molecule has 2 heterocycles. The van der Waals surface area contributed by atoms with Crippen LogP contribution in [-0.2, 0) is 0 Å². The number of imidazole rings is 1. The van der Waals surface area contributed by atoms with Crippen molar-refractivity contribution >= 4 is 22.8 Å². The third-order valence-electron chi connectivity index (χ3n) is 2.98. The highest BCUT2D eigenvalue weighted by atomic mass is 16.5. The number of fused-ring (bicyclic) bond motifs is 3. The summed E-state index contributed by atoms with van der Waals surface area (Å²) in [4.78, 5) is 30.5. The first kappa shape index (κ1) is 12.9. The van der Waals surface area contributed by atoms with Crippen LogP contribution in [0.5, 0.6) is 11.5 Å². The highest BCUT2D eigenvalue weighted by Crippen LogP contribution is 2.31. The lowest BCUT2D eigenvalue weighted by molar-refractivity contribution is 0.0688. The van der Waals surface area contributed by atoms with Gasteiger partial charge in [0.15, 0.2) is 11.5 Å². The first-order chi connectivity index (χ1) is 10.0. The Hall–Kier alpha value is -3.10. The van der Waals surface area contributed by atoms with Gasteiger partial charge in [-0.2, -0.15) is 4.98 Å². The lowest BCUT2D eigenvalue weighted by atomic mass is 10.3. The molecule has 0 aliphatic carbocycles. The summed E-state index contributed by atoms with van der Waals surface area (Å²) >= 11 is 0. The average molecular weight is 290 g/mol. The topological polar surface area (TPSA) is 119 Å². The number of hydrogen-bond acceptors (Lipinski definition) is 6. The van der Waals surface area contributed by atoms with Crippen LogP contribution in [0.2, 0.25) is 0 Å². The Morgan fingerprint density at radius 1 is 1.24 bits per heavy atom. The summed E-state index contributed by atoms with van der Waals surface area (Å²) in [6, 6.07) is 3.23. The molecule has 0 aliphatic heterocycles. The van der Waals surface area contributed by atoms with E-state index in [2.05, 4.69) is 15.1 Å². The van der Waals surface area contributed by atoms with E-state index in [1.54, 1.807) is 12.1 Å². The number of carboxylic acid groups (broad SMARTS) is 1. The fourth-order valence-electron chi connectivity index (χ4n) is 2.03. The van der Waals surface area contributed by atoms with Gasteiger partial charge in [0.1, 0.15) is 0 Å². The van der Waals surface area contributed by atoms with Crippen LogP contribution in [0.4, 0.5) is 0 Å². The molecule has 0 saturated heterocycles. The number of ether oxygens (including phenoxy) is 2. The van der Waals surface area contributed by atoms with E-state index < -0.39 is 17.2 Å². The van der Waals surface area contributed by atoms with Crippen molar-refractivity contribution in [2.45, 2.75) is 0 Å². The zero-order valence-corrected chi connectivity index (χ0v) is 11.1. The van der Waals surface area contributed by atoms with Gasteiger partial charge in [0, 0.05) is 12.1 Å². The van der Waals surface area contributed by atoms with Crippen molar-refractivity contribution in [1.82, 2.24) is 19.6 Å². The number of nitrogens with one attached hydrogen (secondary N) is 1. The van der Waals surface area contributed by atoms with Gasteiger partial charge >= 0.3 is 5.97 Å². The number of carboxylic acids is 1. The summed E-state index contributed by atoms with van der Waals surface area (Å²) in [5.41, 5.74) is -0.427. The Morgan fingerprint density at radius 3 is 2.52 bits per heavy atom. The SMILES string of the molecule is COc1cc2nc3nc(C(=O)O)c(=O)[nH]n3c2cc1OC. The van der Waals surface area contributed by atoms with Crippen molar-refractivity contribution in [1.29, 1.82) is 0 Å². The Labute approximate surface area is 116 Å². The molecule has 0 aliphatic rings. The third kappa shape index (κ3) is 1.86. The number of carbonyl (C=O) groups is 1. The molecule has 108 valence electrons. The normalized spacial score (nSPS) is 11.0. The van der Waals surface area contributed by atoms with Crippen LogP contribution in [0, 0.1) is 0 Å². The molecule has 0 radical (unpaired) electrons. The van der Waals surface area contributed by atoms with E-state index in [-0.39, 0.29) is 5.78 Å². The van der Waals surface area contributed by atoms with E-state index in [0.717, 1.165) is 0 Å². The smallest absolute Gasteiger partial charge is 0.360 e. The highest BCUT2D eigenvalue weighted by molar-refractivity contribution is 5.87. The number of rotatable bonds is 3. The first-order valence-electron chi connectivity index (χ1n) is 5.83. The number of methoxy groups -OCH3 is 2. The van der Waals surface area contributed by atoms with Gasteiger partial charge in [-0.1, -0.05) is 0 Å². The van der Waals surface area contributed by atoms with E-state index in [0.29, 0.717) is 22.5 Å². The summed E-state index contributed by atoms with van der Waals surface area (Å²) in [6.45, 7) is 0. The molecule has 2 N–H and O–H groups in total. The Kier molecular flexibility index (Phi) is 2.75. The Balaban J connectivity index is 2.40. The minimum Gasteiger partial charge on any atom is -0.493 e. The van der Waals surface area contributed by atoms with Gasteiger partial charge in [0.05, 0.1) is 25.3 Å². The number of benzene rings is 1. The predicted molar refractivity (Wildman–Crippen MR) is 71.2 cm³/mol. The van der Waals surface area contributed by atoms with Crippen molar-refractivity contribution in [2.24, 2.45) is 0 Å². The summed E-state index contributed by atoms with van der Waals surface area (Å²) in [5.74, 6) is -0.428. The van der Waals surface area contributed by atoms with Gasteiger partial charge in [-0.25, -0.2) is 14.3 Å². The van der Waals surface area contributed by atoms with Crippen LogP contribution in [0.3, 0.4) is 0 Å². The average Bonchev–Trinajstić information content (AvgIpc) is 2.81. The zero-order valence-electron chi connectivity index (χ0n) is 11.1. The number of nitrogens with zero attached hydrogens (tertiary/aromatic N) is 3. The fraction of sp³-hybridized carbons (Fsp3) is 0.167. The third-order valence-corrected chi connectivity index (χ3v) is 2.98. The van der Waals surface area contributed by atoms with Gasteiger partial charge in [-0.05, 0) is 0 Å². The van der Waals surface area contributed by atoms with Crippen molar-refractivity contribution < 1.29 is 19.4 Å². The van der Waals surface area contributed by atoms with Crippen LogP contribution < -0.4 is 15.0 Å². The lowest BCUT2D eigenvalue weighted by Gasteiger charge is -2.06. The molecule has 0 unspecified atom stereocenters. The second-order valence-corrected chi connectivity index (χ2v) is 4.15. The number of hydrogen-bond donors (Lipinski definition) is 2. The molecule has 3 rings (SSSR count). The number of aromatic carboxylic acids is 1. The van der Waals surface area contributed by atoms with E-state index in [1.165, 1.54) is 18.7 Å². The molecule has 0 fully saturated rings. The van der Waals surface area contributed by atoms with Crippen LogP contribution in [0.25, 0.3) is 16.8 Å². The van der Waals surface area contributed by atoms with Crippen molar-refractivity contribution in [3.63, 3.8) is 0 Å². The second kappa shape index (κ2) is 4.47. The molecule has 0 saturated carbocycles. The summed E-state index contributed by atoms with van der Waals surface area (Å²) in [5, 5.41) is 11.3. The van der Waals surface area contributed by atoms with Gasteiger partial charge in [-0.3, -0.25) is 9.89 Å². The second-order valence-electron chi connectivity index (χ2n) is 4.15. The maximum Gasteiger partial charge on any atom is 0.360 e. The Bertz CT molecular complexity index is 927. The molecule has 0 atom stereocenters. The van der Waals surface area contributed by atoms with Crippen molar-refractivity contribution in [3.8, 4) is 11.5 Å². The van der Waals surface area contributed by atoms with E-state index in [1.807, 2.05) is 0 Å². The van der Waals surface area contributed by atoms with Gasteiger partial charge in [-0.15, -0.1) is 0 Å². The summed E-state index contributed by atoms with van der Waals surface area (Å²) in [7, 11) is 2.97. The van der Waals surface area contributed by atoms with Crippen LogP contribution >= 0.6 is 0 Å². The maximum atomic E-state index is 11.7. The fourth-order valence-corrected chi connectivity index (χ4v) is 2.03. The standard InChI is InChI=1S/C12H10N4O5/c1-20-7-3-5-6(4-8(7)21-2)16-12(13-5)14-9(11(18)19)10(17)15-16/h3-4H,1-2H3,(H,15,17)(H,18,19). The molecular weight excluding hydrogens is 280 g/mol. The van der Waals surface area contributed by atoms with Crippen molar-refractivity contribution in [2.75, 3.05) is 14.2 Å². The molecule has 0 amide bonds. The molecule has 1 aromatic carbocycles. The Morgan fingerprint density at radius 2 is 1.90 bits per heavy atom. The zero-order chi connectivity index (χ0) is 15.1. The van der Waals surface area contributed by atoms with Gasteiger partial charge < -0.3 is 14.6 Å². The van der Waals surface area contributed by atoms with E-state index in [4.69, 9.17) is 14.6 Å².